The van der Waals surface area contributed by atoms with E-state index >= 15 is 0 Å². The molecule has 2 aromatic heterocycles. The van der Waals surface area contributed by atoms with Crippen LogP contribution in [0.25, 0.3) is 5.65 Å². The molecule has 2 heterocycles. The van der Waals surface area contributed by atoms with Gasteiger partial charge in [0.2, 0.25) is 0 Å². The van der Waals surface area contributed by atoms with E-state index in [9.17, 15) is 4.79 Å². The van der Waals surface area contributed by atoms with Gasteiger partial charge in [0, 0.05) is 11.4 Å². The quantitative estimate of drug-likeness (QED) is 0.655. The van der Waals surface area contributed by atoms with Crippen LogP contribution >= 0.6 is 0 Å². The van der Waals surface area contributed by atoms with Gasteiger partial charge in [0.05, 0.1) is 13.3 Å². The highest BCUT2D eigenvalue weighted by molar-refractivity contribution is 5.95. The van der Waals surface area contributed by atoms with Crippen LogP contribution in [0, 0.1) is 13.8 Å². The predicted molar refractivity (Wildman–Crippen MR) is 53.8 cm³/mol. The summed E-state index contributed by atoms with van der Waals surface area (Å²) in [5.74, 6) is -0.414. The first-order valence-electron chi connectivity index (χ1n) is 4.54. The molecule has 0 saturated carbocycles. The summed E-state index contributed by atoms with van der Waals surface area (Å²) < 4.78 is 6.27. The molecule has 78 valence electrons. The molecule has 0 atom stereocenters. The number of aryl methyl sites for hydroxylation is 2. The lowest BCUT2D eigenvalue weighted by Crippen LogP contribution is -2.03. The molecule has 0 aliphatic carbocycles. The van der Waals surface area contributed by atoms with Crippen molar-refractivity contribution < 1.29 is 9.53 Å². The molecule has 0 saturated heterocycles. The van der Waals surface area contributed by atoms with Crippen molar-refractivity contribution in [2.75, 3.05) is 7.11 Å². The second-order valence-corrected chi connectivity index (χ2v) is 3.32. The fourth-order valence-corrected chi connectivity index (χ4v) is 1.52. The summed E-state index contributed by atoms with van der Waals surface area (Å²) >= 11 is 0. The van der Waals surface area contributed by atoms with Gasteiger partial charge >= 0.3 is 5.97 Å². The summed E-state index contributed by atoms with van der Waals surface area (Å²) in [4.78, 5) is 15.7. The van der Waals surface area contributed by atoms with Gasteiger partial charge in [-0.25, -0.2) is 14.3 Å². The van der Waals surface area contributed by atoms with Crippen molar-refractivity contribution >= 4 is 11.6 Å². The van der Waals surface area contributed by atoms with Gasteiger partial charge in [-0.3, -0.25) is 0 Å². The Kier molecular flexibility index (Phi) is 2.15. The molecule has 0 radical (unpaired) electrons. The molecule has 0 aliphatic rings. The molecule has 2 aromatic rings. The van der Waals surface area contributed by atoms with Crippen LogP contribution < -0.4 is 0 Å². The monoisotopic (exact) mass is 205 g/mol. The Labute approximate surface area is 86.7 Å². The Morgan fingerprint density at radius 1 is 1.47 bits per heavy atom. The smallest absolute Gasteiger partial charge is 0.343 e. The van der Waals surface area contributed by atoms with Gasteiger partial charge < -0.3 is 4.74 Å². The molecular formula is C10H11N3O2. The fraction of sp³-hybridized carbons (Fsp3) is 0.300. The van der Waals surface area contributed by atoms with Crippen LogP contribution in [0.1, 0.15) is 21.7 Å². The highest BCUT2D eigenvalue weighted by atomic mass is 16.5. The van der Waals surface area contributed by atoms with E-state index in [2.05, 4.69) is 14.8 Å². The average Bonchev–Trinajstić information content (AvgIpc) is 2.60. The topological polar surface area (TPSA) is 56.5 Å². The summed E-state index contributed by atoms with van der Waals surface area (Å²) in [7, 11) is 1.34. The van der Waals surface area contributed by atoms with E-state index in [1.807, 2.05) is 19.9 Å². The Balaban J connectivity index is 2.74. The zero-order valence-corrected chi connectivity index (χ0v) is 8.81. The van der Waals surface area contributed by atoms with E-state index in [1.54, 1.807) is 4.52 Å². The predicted octanol–water partition coefficient (Wildman–Crippen LogP) is 1.13. The summed E-state index contributed by atoms with van der Waals surface area (Å²) in [5.41, 5.74) is 2.72. The normalized spacial score (nSPS) is 10.6. The van der Waals surface area contributed by atoms with E-state index < -0.39 is 5.97 Å². The van der Waals surface area contributed by atoms with E-state index in [4.69, 9.17) is 0 Å². The molecule has 0 aliphatic heterocycles. The standard InChI is InChI=1S/C10H11N3O2/c1-6-4-7(2)13-9(12-6)8(5-11-13)10(14)15-3/h4-5H,1-3H3. The maximum absolute atomic E-state index is 11.4. The van der Waals surface area contributed by atoms with E-state index in [0.717, 1.165) is 11.4 Å². The summed E-state index contributed by atoms with van der Waals surface area (Å²) in [6.45, 7) is 3.79. The number of carbonyl (C=O) groups is 1. The molecular weight excluding hydrogens is 194 g/mol. The van der Waals surface area contributed by atoms with Crippen molar-refractivity contribution in [3.05, 3.63) is 29.2 Å². The van der Waals surface area contributed by atoms with Crippen LogP contribution in [0.4, 0.5) is 0 Å². The molecule has 0 N–H and O–H groups in total. The number of ether oxygens (including phenoxy) is 1. The van der Waals surface area contributed by atoms with Crippen molar-refractivity contribution in [1.82, 2.24) is 14.6 Å². The Morgan fingerprint density at radius 2 is 2.20 bits per heavy atom. The first-order chi connectivity index (χ1) is 7.13. The van der Waals surface area contributed by atoms with Crippen molar-refractivity contribution in [3.63, 3.8) is 0 Å². The first kappa shape index (κ1) is 9.64. The highest BCUT2D eigenvalue weighted by Crippen LogP contribution is 2.12. The van der Waals surface area contributed by atoms with E-state index in [0.29, 0.717) is 11.2 Å². The largest absolute Gasteiger partial charge is 0.465 e. The molecule has 2 rings (SSSR count). The number of fused-ring (bicyclic) bond motifs is 1. The number of hydrogen-bond donors (Lipinski definition) is 0. The molecule has 5 heteroatoms. The van der Waals surface area contributed by atoms with Crippen molar-refractivity contribution in [2.45, 2.75) is 13.8 Å². The van der Waals surface area contributed by atoms with Crippen LogP contribution in [-0.4, -0.2) is 27.7 Å². The lowest BCUT2D eigenvalue weighted by molar-refractivity contribution is 0.0602. The van der Waals surface area contributed by atoms with Gasteiger partial charge in [-0.05, 0) is 19.9 Å². The molecule has 0 unspecified atom stereocenters. The summed E-state index contributed by atoms with van der Waals surface area (Å²) in [5, 5.41) is 4.08. The minimum absolute atomic E-state index is 0.393. The van der Waals surface area contributed by atoms with Gasteiger partial charge in [0.15, 0.2) is 5.65 Å². The van der Waals surface area contributed by atoms with E-state index in [-0.39, 0.29) is 0 Å². The van der Waals surface area contributed by atoms with Crippen LogP contribution in [0.15, 0.2) is 12.3 Å². The molecule has 15 heavy (non-hydrogen) atoms. The Hall–Kier alpha value is -1.91. The van der Waals surface area contributed by atoms with Gasteiger partial charge in [0.25, 0.3) is 0 Å². The molecule has 0 amide bonds. The first-order valence-corrected chi connectivity index (χ1v) is 4.54. The third kappa shape index (κ3) is 1.45. The molecule has 0 bridgehead atoms. The number of esters is 1. The van der Waals surface area contributed by atoms with Gasteiger partial charge in [0.1, 0.15) is 5.56 Å². The minimum atomic E-state index is -0.414. The SMILES string of the molecule is COC(=O)c1cnn2c(C)cc(C)nc12. The van der Waals surface area contributed by atoms with Crippen molar-refractivity contribution in [1.29, 1.82) is 0 Å². The molecule has 5 nitrogen and oxygen atoms in total. The fourth-order valence-electron chi connectivity index (χ4n) is 1.52. The van der Waals surface area contributed by atoms with Gasteiger partial charge in [-0.15, -0.1) is 0 Å². The number of nitrogens with zero attached hydrogens (tertiary/aromatic N) is 3. The van der Waals surface area contributed by atoms with Crippen LogP contribution in [0.5, 0.6) is 0 Å². The van der Waals surface area contributed by atoms with E-state index in [1.165, 1.54) is 13.3 Å². The zero-order valence-electron chi connectivity index (χ0n) is 8.81. The Morgan fingerprint density at radius 3 is 2.87 bits per heavy atom. The number of carbonyl (C=O) groups excluding carboxylic acids is 1. The third-order valence-electron chi connectivity index (χ3n) is 2.18. The highest BCUT2D eigenvalue weighted by Gasteiger charge is 2.15. The average molecular weight is 205 g/mol. The number of rotatable bonds is 1. The van der Waals surface area contributed by atoms with Crippen LogP contribution in [0.2, 0.25) is 0 Å². The lowest BCUT2D eigenvalue weighted by Gasteiger charge is -2.01. The summed E-state index contributed by atoms with van der Waals surface area (Å²) in [6.07, 6.45) is 1.47. The Bertz CT molecular complexity index is 531. The van der Waals surface area contributed by atoms with Crippen molar-refractivity contribution in [3.8, 4) is 0 Å². The molecule has 0 aromatic carbocycles. The number of hydrogen-bond acceptors (Lipinski definition) is 4. The summed E-state index contributed by atoms with van der Waals surface area (Å²) in [6, 6.07) is 1.90. The molecule has 0 fully saturated rings. The minimum Gasteiger partial charge on any atom is -0.465 e. The maximum atomic E-state index is 11.4. The maximum Gasteiger partial charge on any atom is 0.343 e. The van der Waals surface area contributed by atoms with Crippen LogP contribution in [0.3, 0.4) is 0 Å². The van der Waals surface area contributed by atoms with Gasteiger partial charge in [-0.1, -0.05) is 0 Å². The lowest BCUT2D eigenvalue weighted by atomic mass is 10.3. The molecule has 0 spiro atoms. The second kappa shape index (κ2) is 3.34. The number of methoxy groups -OCH3 is 1. The second-order valence-electron chi connectivity index (χ2n) is 3.32. The van der Waals surface area contributed by atoms with Crippen LogP contribution in [-0.2, 0) is 4.74 Å². The third-order valence-corrected chi connectivity index (χ3v) is 2.18. The number of aromatic nitrogens is 3. The van der Waals surface area contributed by atoms with Crippen molar-refractivity contribution in [2.24, 2.45) is 0 Å². The zero-order chi connectivity index (χ0) is 11.0. The van der Waals surface area contributed by atoms with Gasteiger partial charge in [-0.2, -0.15) is 5.10 Å².